The normalized spacial score (nSPS) is 10.5. The Morgan fingerprint density at radius 2 is 1.96 bits per heavy atom. The number of aryl methyl sites for hydroxylation is 1. The lowest BCUT2D eigenvalue weighted by Gasteiger charge is -2.09. The lowest BCUT2D eigenvalue weighted by molar-refractivity contribution is -0.116. The zero-order chi connectivity index (χ0) is 17.8. The van der Waals surface area contributed by atoms with Crippen molar-refractivity contribution in [1.82, 2.24) is 14.5 Å². The third kappa shape index (κ3) is 4.10. The molecule has 1 amide bonds. The molecule has 1 aromatic carbocycles. The molecule has 0 aliphatic carbocycles. The minimum absolute atomic E-state index is 0.136. The van der Waals surface area contributed by atoms with E-state index in [1.54, 1.807) is 36.5 Å². The Morgan fingerprint density at radius 1 is 1.20 bits per heavy atom. The lowest BCUT2D eigenvalue weighted by Crippen LogP contribution is -2.27. The standard InChI is InChI=1S/C18H15ClN4O2/c1-12-3-2-8-20-18(12)22-16(24)10-23-11-21-15(9-17(23)25)13-4-6-14(19)7-5-13/h2-9,11H,10H2,1H3,(H,20,22,24). The van der Waals surface area contributed by atoms with Crippen molar-refractivity contribution in [2.75, 3.05) is 5.32 Å². The summed E-state index contributed by atoms with van der Waals surface area (Å²) in [6.45, 7) is 1.71. The fraction of sp³-hybridized carbons (Fsp3) is 0.111. The van der Waals surface area contributed by atoms with Crippen LogP contribution in [-0.4, -0.2) is 20.4 Å². The first-order chi connectivity index (χ1) is 12.0. The Labute approximate surface area is 149 Å². The van der Waals surface area contributed by atoms with Crippen molar-refractivity contribution in [3.05, 3.63) is 75.9 Å². The van der Waals surface area contributed by atoms with Crippen LogP contribution in [0.25, 0.3) is 11.3 Å². The van der Waals surface area contributed by atoms with Gasteiger partial charge in [-0.25, -0.2) is 9.97 Å². The molecule has 0 radical (unpaired) electrons. The summed E-state index contributed by atoms with van der Waals surface area (Å²) in [5.74, 6) is 0.135. The molecule has 126 valence electrons. The number of halogens is 1. The maximum atomic E-state index is 12.2. The summed E-state index contributed by atoms with van der Waals surface area (Å²) in [4.78, 5) is 32.7. The first-order valence-electron chi connectivity index (χ1n) is 7.57. The molecular weight excluding hydrogens is 340 g/mol. The predicted octanol–water partition coefficient (Wildman–Crippen LogP) is 2.91. The number of nitrogens with one attached hydrogen (secondary N) is 1. The number of carbonyl (C=O) groups excluding carboxylic acids is 1. The Balaban J connectivity index is 1.75. The predicted molar refractivity (Wildman–Crippen MR) is 96.5 cm³/mol. The molecule has 0 saturated heterocycles. The van der Waals surface area contributed by atoms with E-state index < -0.39 is 0 Å². The maximum Gasteiger partial charge on any atom is 0.254 e. The summed E-state index contributed by atoms with van der Waals surface area (Å²) in [6.07, 6.45) is 2.95. The van der Waals surface area contributed by atoms with Gasteiger partial charge in [0.1, 0.15) is 12.4 Å². The number of amides is 1. The van der Waals surface area contributed by atoms with Gasteiger partial charge in [-0.15, -0.1) is 0 Å². The van der Waals surface area contributed by atoms with Crippen LogP contribution in [0.2, 0.25) is 5.02 Å². The second-order valence-corrected chi connectivity index (χ2v) is 5.90. The van der Waals surface area contributed by atoms with Gasteiger partial charge in [0.15, 0.2) is 0 Å². The van der Waals surface area contributed by atoms with Crippen LogP contribution in [0.15, 0.2) is 59.8 Å². The van der Waals surface area contributed by atoms with Gasteiger partial charge in [-0.2, -0.15) is 0 Å². The van der Waals surface area contributed by atoms with Crippen molar-refractivity contribution in [2.45, 2.75) is 13.5 Å². The third-order valence-corrected chi connectivity index (χ3v) is 3.85. The molecule has 25 heavy (non-hydrogen) atoms. The fourth-order valence-corrected chi connectivity index (χ4v) is 2.39. The van der Waals surface area contributed by atoms with Gasteiger partial charge in [0, 0.05) is 22.8 Å². The highest BCUT2D eigenvalue weighted by Gasteiger charge is 2.09. The Morgan fingerprint density at radius 3 is 2.64 bits per heavy atom. The van der Waals surface area contributed by atoms with Crippen LogP contribution in [0.5, 0.6) is 0 Å². The van der Waals surface area contributed by atoms with Crippen LogP contribution in [0.1, 0.15) is 5.56 Å². The fourth-order valence-electron chi connectivity index (χ4n) is 2.27. The number of hydrogen-bond donors (Lipinski definition) is 1. The quantitative estimate of drug-likeness (QED) is 0.781. The van der Waals surface area contributed by atoms with Crippen molar-refractivity contribution < 1.29 is 4.79 Å². The lowest BCUT2D eigenvalue weighted by atomic mass is 10.1. The molecular formula is C18H15ClN4O2. The molecule has 1 N–H and O–H groups in total. The molecule has 0 aliphatic heterocycles. The number of anilines is 1. The largest absolute Gasteiger partial charge is 0.309 e. The van der Waals surface area contributed by atoms with E-state index in [-0.39, 0.29) is 18.0 Å². The minimum atomic E-state index is -0.343. The van der Waals surface area contributed by atoms with E-state index in [0.717, 1.165) is 11.1 Å². The van der Waals surface area contributed by atoms with Crippen LogP contribution >= 0.6 is 11.6 Å². The monoisotopic (exact) mass is 354 g/mol. The first kappa shape index (κ1) is 16.9. The summed E-state index contributed by atoms with van der Waals surface area (Å²) in [5.41, 5.74) is 1.84. The van der Waals surface area contributed by atoms with Gasteiger partial charge >= 0.3 is 0 Å². The molecule has 0 saturated carbocycles. The number of hydrogen-bond acceptors (Lipinski definition) is 4. The first-order valence-corrected chi connectivity index (χ1v) is 7.94. The highest BCUT2D eigenvalue weighted by Crippen LogP contribution is 2.18. The molecule has 0 spiro atoms. The highest BCUT2D eigenvalue weighted by atomic mass is 35.5. The van der Waals surface area contributed by atoms with Crippen LogP contribution in [0, 0.1) is 6.92 Å². The van der Waals surface area contributed by atoms with Crippen LogP contribution in [0.4, 0.5) is 5.82 Å². The third-order valence-electron chi connectivity index (χ3n) is 3.60. The molecule has 3 aromatic rings. The van der Waals surface area contributed by atoms with E-state index in [0.29, 0.717) is 16.5 Å². The van der Waals surface area contributed by atoms with Gasteiger partial charge in [-0.1, -0.05) is 29.8 Å². The van der Waals surface area contributed by atoms with Crippen molar-refractivity contribution in [3.8, 4) is 11.3 Å². The molecule has 0 atom stereocenters. The van der Waals surface area contributed by atoms with Gasteiger partial charge in [0.2, 0.25) is 5.91 Å². The second kappa shape index (κ2) is 7.27. The van der Waals surface area contributed by atoms with Crippen LogP contribution in [-0.2, 0) is 11.3 Å². The molecule has 3 rings (SSSR count). The SMILES string of the molecule is Cc1cccnc1NC(=O)Cn1cnc(-c2ccc(Cl)cc2)cc1=O. The molecule has 0 fully saturated rings. The number of carbonyl (C=O) groups is 1. The average Bonchev–Trinajstić information content (AvgIpc) is 2.59. The highest BCUT2D eigenvalue weighted by molar-refractivity contribution is 6.30. The molecule has 2 aromatic heterocycles. The smallest absolute Gasteiger partial charge is 0.254 e. The molecule has 6 nitrogen and oxygen atoms in total. The number of aromatic nitrogens is 3. The molecule has 0 bridgehead atoms. The maximum absolute atomic E-state index is 12.2. The topological polar surface area (TPSA) is 76.9 Å². The molecule has 0 unspecified atom stereocenters. The number of benzene rings is 1. The van der Waals surface area contributed by atoms with E-state index in [4.69, 9.17) is 11.6 Å². The zero-order valence-electron chi connectivity index (χ0n) is 13.4. The van der Waals surface area contributed by atoms with Crippen molar-refractivity contribution in [2.24, 2.45) is 0 Å². The number of pyridine rings is 1. The summed E-state index contributed by atoms with van der Waals surface area (Å²) < 4.78 is 1.24. The van der Waals surface area contributed by atoms with Gasteiger partial charge in [-0.3, -0.25) is 14.2 Å². The Kier molecular flexibility index (Phi) is 4.90. The second-order valence-electron chi connectivity index (χ2n) is 5.46. The summed E-state index contributed by atoms with van der Waals surface area (Å²) in [6, 6.07) is 12.0. The van der Waals surface area contributed by atoms with Crippen molar-refractivity contribution >= 4 is 23.3 Å². The van der Waals surface area contributed by atoms with E-state index in [1.807, 2.05) is 13.0 Å². The van der Waals surface area contributed by atoms with Gasteiger partial charge < -0.3 is 5.32 Å². The van der Waals surface area contributed by atoms with Gasteiger partial charge in [0.25, 0.3) is 5.56 Å². The van der Waals surface area contributed by atoms with Crippen LogP contribution < -0.4 is 10.9 Å². The van der Waals surface area contributed by atoms with Crippen LogP contribution in [0.3, 0.4) is 0 Å². The van der Waals surface area contributed by atoms with E-state index >= 15 is 0 Å². The van der Waals surface area contributed by atoms with E-state index in [2.05, 4.69) is 15.3 Å². The van der Waals surface area contributed by atoms with Gasteiger partial charge in [0.05, 0.1) is 12.0 Å². The zero-order valence-corrected chi connectivity index (χ0v) is 14.2. The average molecular weight is 355 g/mol. The minimum Gasteiger partial charge on any atom is -0.309 e. The Bertz CT molecular complexity index is 967. The van der Waals surface area contributed by atoms with E-state index in [1.165, 1.54) is 17.0 Å². The van der Waals surface area contributed by atoms with E-state index in [9.17, 15) is 9.59 Å². The number of rotatable bonds is 4. The number of nitrogens with zero attached hydrogens (tertiary/aromatic N) is 3. The molecule has 7 heteroatoms. The summed E-state index contributed by atoms with van der Waals surface area (Å²) in [5, 5.41) is 3.30. The summed E-state index contributed by atoms with van der Waals surface area (Å²) >= 11 is 5.85. The summed E-state index contributed by atoms with van der Waals surface area (Å²) in [7, 11) is 0. The van der Waals surface area contributed by atoms with Gasteiger partial charge in [-0.05, 0) is 30.7 Å². The van der Waals surface area contributed by atoms with Crippen molar-refractivity contribution in [3.63, 3.8) is 0 Å². The molecule has 0 aliphatic rings. The Hall–Kier alpha value is -2.99. The molecule has 2 heterocycles. The van der Waals surface area contributed by atoms with Crippen molar-refractivity contribution in [1.29, 1.82) is 0 Å².